The van der Waals surface area contributed by atoms with Crippen molar-refractivity contribution in [3.05, 3.63) is 52.5 Å². The number of hydrogen-bond acceptors (Lipinski definition) is 4. The molecule has 5 heteroatoms. The number of nitrogens with zero attached hydrogens (tertiary/aromatic N) is 3. The molecular formula is C16H19N3O2. The number of anilines is 1. The van der Waals surface area contributed by atoms with E-state index in [4.69, 9.17) is 0 Å². The van der Waals surface area contributed by atoms with Crippen molar-refractivity contribution in [3.63, 3.8) is 0 Å². The second-order valence-corrected chi connectivity index (χ2v) is 5.21. The van der Waals surface area contributed by atoms with Gasteiger partial charge in [0.2, 0.25) is 0 Å². The Kier molecular flexibility index (Phi) is 4.21. The third-order valence-corrected chi connectivity index (χ3v) is 3.25. The molecule has 0 radical (unpaired) electrons. The minimum absolute atomic E-state index is 0.246. The molecule has 21 heavy (non-hydrogen) atoms. The van der Waals surface area contributed by atoms with Crippen LogP contribution < -0.4 is 4.90 Å². The van der Waals surface area contributed by atoms with Gasteiger partial charge in [-0.25, -0.2) is 9.78 Å². The number of aromatic carboxylic acids is 1. The summed E-state index contributed by atoms with van der Waals surface area (Å²) in [6, 6.07) is 7.58. The van der Waals surface area contributed by atoms with Crippen LogP contribution in [0.3, 0.4) is 0 Å². The second kappa shape index (κ2) is 5.91. The topological polar surface area (TPSA) is 66.3 Å². The highest BCUT2D eigenvalue weighted by Gasteiger charge is 2.19. The van der Waals surface area contributed by atoms with Gasteiger partial charge in [0.1, 0.15) is 11.4 Å². The van der Waals surface area contributed by atoms with Crippen LogP contribution >= 0.6 is 0 Å². The molecule has 0 aliphatic rings. The summed E-state index contributed by atoms with van der Waals surface area (Å²) in [6.07, 6.45) is 0. The average Bonchev–Trinajstić information content (AvgIpc) is 2.37. The molecule has 110 valence electrons. The Morgan fingerprint density at radius 1 is 1.19 bits per heavy atom. The van der Waals surface area contributed by atoms with E-state index >= 15 is 0 Å². The van der Waals surface area contributed by atoms with Crippen molar-refractivity contribution in [1.82, 2.24) is 9.97 Å². The van der Waals surface area contributed by atoms with E-state index in [0.29, 0.717) is 17.9 Å². The van der Waals surface area contributed by atoms with E-state index in [-0.39, 0.29) is 5.56 Å². The van der Waals surface area contributed by atoms with Gasteiger partial charge in [-0.1, -0.05) is 6.07 Å². The van der Waals surface area contributed by atoms with Gasteiger partial charge in [0.05, 0.1) is 12.2 Å². The molecular weight excluding hydrogens is 266 g/mol. The van der Waals surface area contributed by atoms with Gasteiger partial charge in [-0.15, -0.1) is 0 Å². The van der Waals surface area contributed by atoms with E-state index in [0.717, 1.165) is 17.1 Å². The van der Waals surface area contributed by atoms with E-state index in [9.17, 15) is 9.90 Å². The Balaban J connectivity index is 2.39. The molecule has 0 fully saturated rings. The number of carboxylic acid groups (broad SMARTS) is 1. The summed E-state index contributed by atoms with van der Waals surface area (Å²) in [5.74, 6) is -0.484. The molecule has 0 aromatic carbocycles. The average molecular weight is 285 g/mol. The Bertz CT molecular complexity index is 683. The Morgan fingerprint density at radius 2 is 1.90 bits per heavy atom. The summed E-state index contributed by atoms with van der Waals surface area (Å²) in [5, 5.41) is 9.41. The highest BCUT2D eigenvalue weighted by atomic mass is 16.4. The van der Waals surface area contributed by atoms with Crippen molar-refractivity contribution in [3.8, 4) is 0 Å². The largest absolute Gasteiger partial charge is 0.478 e. The van der Waals surface area contributed by atoms with E-state index in [2.05, 4.69) is 9.97 Å². The zero-order valence-corrected chi connectivity index (χ0v) is 12.7. The molecule has 2 aromatic rings. The lowest BCUT2D eigenvalue weighted by molar-refractivity contribution is 0.0696. The molecule has 0 unspecified atom stereocenters. The van der Waals surface area contributed by atoms with Gasteiger partial charge in [0, 0.05) is 18.4 Å². The summed E-state index contributed by atoms with van der Waals surface area (Å²) >= 11 is 0. The molecule has 0 spiro atoms. The number of carbonyl (C=O) groups is 1. The highest BCUT2D eigenvalue weighted by Crippen LogP contribution is 2.23. The predicted molar refractivity (Wildman–Crippen MR) is 81.8 cm³/mol. The number of hydrogen-bond donors (Lipinski definition) is 1. The van der Waals surface area contributed by atoms with Crippen molar-refractivity contribution >= 4 is 11.8 Å². The highest BCUT2D eigenvalue weighted by molar-refractivity contribution is 5.95. The fraction of sp³-hybridized carbons (Fsp3) is 0.312. The first-order valence-corrected chi connectivity index (χ1v) is 6.73. The van der Waals surface area contributed by atoms with Gasteiger partial charge >= 0.3 is 5.97 Å². The maximum atomic E-state index is 11.5. The zero-order valence-electron chi connectivity index (χ0n) is 12.7. The van der Waals surface area contributed by atoms with Crippen molar-refractivity contribution in [2.45, 2.75) is 27.3 Å². The summed E-state index contributed by atoms with van der Waals surface area (Å²) in [4.78, 5) is 22.1. The lowest BCUT2D eigenvalue weighted by Gasteiger charge is -2.21. The van der Waals surface area contributed by atoms with Crippen LogP contribution in [-0.4, -0.2) is 28.1 Å². The fourth-order valence-electron chi connectivity index (χ4n) is 2.36. The third kappa shape index (κ3) is 3.37. The van der Waals surface area contributed by atoms with E-state index < -0.39 is 5.97 Å². The first-order valence-electron chi connectivity index (χ1n) is 6.73. The zero-order chi connectivity index (χ0) is 15.6. The molecule has 0 saturated heterocycles. The quantitative estimate of drug-likeness (QED) is 0.935. The smallest absolute Gasteiger partial charge is 0.339 e. The molecule has 0 amide bonds. The van der Waals surface area contributed by atoms with Crippen LogP contribution in [0.4, 0.5) is 5.82 Å². The first-order chi connectivity index (χ1) is 9.88. The molecule has 5 nitrogen and oxygen atoms in total. The number of rotatable bonds is 4. The number of pyridine rings is 2. The Hall–Kier alpha value is -2.43. The van der Waals surface area contributed by atoms with Gasteiger partial charge in [-0.3, -0.25) is 4.98 Å². The SMILES string of the molecule is Cc1cccc(CN(C)c2nc(C)cc(C)c2C(=O)O)n1. The van der Waals surface area contributed by atoms with E-state index in [1.807, 2.05) is 44.0 Å². The molecule has 0 saturated carbocycles. The number of aromatic nitrogens is 2. The maximum absolute atomic E-state index is 11.5. The van der Waals surface area contributed by atoms with E-state index in [1.54, 1.807) is 13.0 Å². The van der Waals surface area contributed by atoms with Gasteiger partial charge in [0.15, 0.2) is 0 Å². The van der Waals surface area contributed by atoms with Crippen LogP contribution in [0.5, 0.6) is 0 Å². The summed E-state index contributed by atoms with van der Waals surface area (Å²) < 4.78 is 0. The maximum Gasteiger partial charge on any atom is 0.339 e. The summed E-state index contributed by atoms with van der Waals surface area (Å²) in [5.41, 5.74) is 3.59. The molecule has 2 aromatic heterocycles. The van der Waals surface area contributed by atoms with Gasteiger partial charge < -0.3 is 10.0 Å². The Labute approximate surface area is 124 Å². The fourth-order valence-corrected chi connectivity index (χ4v) is 2.36. The van der Waals surface area contributed by atoms with Crippen molar-refractivity contribution in [2.75, 3.05) is 11.9 Å². The first kappa shape index (κ1) is 15.0. The van der Waals surface area contributed by atoms with Crippen LogP contribution in [-0.2, 0) is 6.54 Å². The van der Waals surface area contributed by atoms with Gasteiger partial charge in [-0.05, 0) is 44.5 Å². The molecule has 0 bridgehead atoms. The molecule has 0 atom stereocenters. The minimum atomic E-state index is -0.959. The minimum Gasteiger partial charge on any atom is -0.478 e. The van der Waals surface area contributed by atoms with E-state index in [1.165, 1.54) is 0 Å². The van der Waals surface area contributed by atoms with Crippen LogP contribution in [0.2, 0.25) is 0 Å². The standard InChI is InChI=1S/C16H19N3O2/c1-10-8-12(3)18-15(14(10)16(20)21)19(4)9-13-7-5-6-11(2)17-13/h5-8H,9H2,1-4H3,(H,20,21). The van der Waals surface area contributed by atoms with Crippen LogP contribution in [0, 0.1) is 20.8 Å². The molecule has 2 rings (SSSR count). The van der Waals surface area contributed by atoms with Gasteiger partial charge in [0.25, 0.3) is 0 Å². The Morgan fingerprint density at radius 3 is 2.52 bits per heavy atom. The molecule has 2 heterocycles. The van der Waals surface area contributed by atoms with Crippen LogP contribution in [0.25, 0.3) is 0 Å². The monoisotopic (exact) mass is 285 g/mol. The van der Waals surface area contributed by atoms with Crippen molar-refractivity contribution in [1.29, 1.82) is 0 Å². The number of aryl methyl sites for hydroxylation is 3. The van der Waals surface area contributed by atoms with Crippen molar-refractivity contribution in [2.24, 2.45) is 0 Å². The van der Waals surface area contributed by atoms with Crippen LogP contribution in [0.1, 0.15) is 33.0 Å². The second-order valence-electron chi connectivity index (χ2n) is 5.21. The lowest BCUT2D eigenvalue weighted by Crippen LogP contribution is -2.22. The van der Waals surface area contributed by atoms with Gasteiger partial charge in [-0.2, -0.15) is 0 Å². The summed E-state index contributed by atoms with van der Waals surface area (Å²) in [6.45, 7) is 6.10. The number of carboxylic acids is 1. The van der Waals surface area contributed by atoms with Crippen molar-refractivity contribution < 1.29 is 9.90 Å². The summed E-state index contributed by atoms with van der Waals surface area (Å²) in [7, 11) is 1.83. The third-order valence-electron chi connectivity index (χ3n) is 3.25. The normalized spacial score (nSPS) is 10.5. The molecule has 0 aliphatic carbocycles. The lowest BCUT2D eigenvalue weighted by atomic mass is 10.1. The van der Waals surface area contributed by atoms with Crippen LogP contribution in [0.15, 0.2) is 24.3 Å². The predicted octanol–water partition coefficient (Wildman–Crippen LogP) is 2.74. The molecule has 0 aliphatic heterocycles. The molecule has 1 N–H and O–H groups in total.